The summed E-state index contributed by atoms with van der Waals surface area (Å²) in [6.07, 6.45) is 0. The molecule has 0 spiro atoms. The van der Waals surface area contributed by atoms with Crippen molar-refractivity contribution in [3.63, 3.8) is 0 Å². The van der Waals surface area contributed by atoms with E-state index in [0.717, 1.165) is 22.4 Å². The van der Waals surface area contributed by atoms with Gasteiger partial charge in [0.15, 0.2) is 11.5 Å². The predicted molar refractivity (Wildman–Crippen MR) is 85.2 cm³/mol. The number of rotatable bonds is 6. The van der Waals surface area contributed by atoms with Gasteiger partial charge in [-0.25, -0.2) is 0 Å². The second kappa shape index (κ2) is 6.96. The Balaban J connectivity index is 1.55. The molecular formula is C17H17BrO3. The van der Waals surface area contributed by atoms with E-state index >= 15 is 0 Å². The molecule has 0 aromatic heterocycles. The smallest absolute Gasteiger partial charge is 0.231 e. The van der Waals surface area contributed by atoms with Crippen LogP contribution in [0, 0.1) is 0 Å². The van der Waals surface area contributed by atoms with Gasteiger partial charge in [-0.1, -0.05) is 52.3 Å². The Kier molecular flexibility index (Phi) is 4.78. The molecule has 3 rings (SSSR count). The molecule has 0 amide bonds. The summed E-state index contributed by atoms with van der Waals surface area (Å²) in [4.78, 5) is 0. The number of alkyl halides is 1. The standard InChI is InChI=1S/C17H17BrO3/c18-9-15(14-4-2-1-3-5-14)11-19-10-13-6-7-16-17(8-13)21-12-20-16/h1-8,15H,9-12H2. The molecule has 0 aliphatic carbocycles. The molecule has 2 aromatic rings. The first kappa shape index (κ1) is 14.4. The molecule has 21 heavy (non-hydrogen) atoms. The number of hydrogen-bond acceptors (Lipinski definition) is 3. The zero-order valence-electron chi connectivity index (χ0n) is 11.6. The van der Waals surface area contributed by atoms with Gasteiger partial charge in [0.25, 0.3) is 0 Å². The zero-order chi connectivity index (χ0) is 14.5. The average molecular weight is 349 g/mol. The van der Waals surface area contributed by atoms with Crippen LogP contribution in [0.2, 0.25) is 0 Å². The first-order valence-electron chi connectivity index (χ1n) is 6.94. The molecule has 0 saturated heterocycles. The first-order valence-corrected chi connectivity index (χ1v) is 8.06. The summed E-state index contributed by atoms with van der Waals surface area (Å²) in [5.74, 6) is 1.97. The van der Waals surface area contributed by atoms with E-state index < -0.39 is 0 Å². The minimum absolute atomic E-state index is 0.305. The maximum Gasteiger partial charge on any atom is 0.231 e. The largest absolute Gasteiger partial charge is 0.454 e. The second-order valence-corrected chi connectivity index (χ2v) is 5.61. The summed E-state index contributed by atoms with van der Waals surface area (Å²) in [7, 11) is 0. The van der Waals surface area contributed by atoms with Crippen LogP contribution in [0.1, 0.15) is 17.0 Å². The highest BCUT2D eigenvalue weighted by molar-refractivity contribution is 9.09. The molecular weight excluding hydrogens is 332 g/mol. The quantitative estimate of drug-likeness (QED) is 0.735. The van der Waals surface area contributed by atoms with E-state index in [9.17, 15) is 0 Å². The second-order valence-electron chi connectivity index (χ2n) is 4.96. The maximum absolute atomic E-state index is 5.86. The molecule has 1 aliphatic rings. The van der Waals surface area contributed by atoms with Gasteiger partial charge in [0.05, 0.1) is 13.2 Å². The summed E-state index contributed by atoms with van der Waals surface area (Å²) >= 11 is 3.56. The van der Waals surface area contributed by atoms with Crippen molar-refractivity contribution in [2.75, 3.05) is 18.7 Å². The minimum Gasteiger partial charge on any atom is -0.454 e. The van der Waals surface area contributed by atoms with Gasteiger partial charge < -0.3 is 14.2 Å². The van der Waals surface area contributed by atoms with Crippen molar-refractivity contribution in [1.82, 2.24) is 0 Å². The van der Waals surface area contributed by atoms with E-state index in [2.05, 4.69) is 40.2 Å². The third kappa shape index (κ3) is 3.57. The van der Waals surface area contributed by atoms with E-state index in [0.29, 0.717) is 25.9 Å². The van der Waals surface area contributed by atoms with E-state index in [1.165, 1.54) is 5.56 Å². The molecule has 2 aromatic carbocycles. The van der Waals surface area contributed by atoms with Crippen LogP contribution in [0.5, 0.6) is 11.5 Å². The van der Waals surface area contributed by atoms with Crippen molar-refractivity contribution in [2.45, 2.75) is 12.5 Å². The number of halogens is 1. The Bertz CT molecular complexity index is 586. The monoisotopic (exact) mass is 348 g/mol. The highest BCUT2D eigenvalue weighted by atomic mass is 79.9. The highest BCUT2D eigenvalue weighted by Crippen LogP contribution is 2.32. The lowest BCUT2D eigenvalue weighted by molar-refractivity contribution is 0.111. The van der Waals surface area contributed by atoms with Crippen LogP contribution in [0.3, 0.4) is 0 Å². The molecule has 1 aliphatic heterocycles. The van der Waals surface area contributed by atoms with E-state index in [-0.39, 0.29) is 0 Å². The normalized spacial score (nSPS) is 14.1. The Morgan fingerprint density at radius 3 is 2.67 bits per heavy atom. The summed E-state index contributed by atoms with van der Waals surface area (Å²) in [6.45, 7) is 1.57. The fourth-order valence-corrected chi connectivity index (χ4v) is 2.87. The number of fused-ring (bicyclic) bond motifs is 1. The Morgan fingerprint density at radius 2 is 1.86 bits per heavy atom. The van der Waals surface area contributed by atoms with Gasteiger partial charge in [0.1, 0.15) is 0 Å². The molecule has 3 nitrogen and oxygen atoms in total. The lowest BCUT2D eigenvalue weighted by Crippen LogP contribution is -2.09. The van der Waals surface area contributed by atoms with E-state index in [1.807, 2.05) is 24.3 Å². The Hall–Kier alpha value is -1.52. The van der Waals surface area contributed by atoms with Crippen LogP contribution >= 0.6 is 15.9 Å². The molecule has 1 atom stereocenters. The van der Waals surface area contributed by atoms with Crippen molar-refractivity contribution in [1.29, 1.82) is 0 Å². The van der Waals surface area contributed by atoms with Crippen molar-refractivity contribution in [3.8, 4) is 11.5 Å². The fraction of sp³-hybridized carbons (Fsp3) is 0.294. The van der Waals surface area contributed by atoms with Gasteiger partial charge in [0, 0.05) is 11.2 Å². The van der Waals surface area contributed by atoms with Crippen LogP contribution in [-0.4, -0.2) is 18.7 Å². The molecule has 1 heterocycles. The molecule has 0 radical (unpaired) electrons. The highest BCUT2D eigenvalue weighted by Gasteiger charge is 2.14. The summed E-state index contributed by atoms with van der Waals surface area (Å²) in [5.41, 5.74) is 2.39. The van der Waals surface area contributed by atoms with Crippen LogP contribution in [-0.2, 0) is 11.3 Å². The van der Waals surface area contributed by atoms with Gasteiger partial charge in [-0.2, -0.15) is 0 Å². The average Bonchev–Trinajstić information content (AvgIpc) is 3.00. The number of benzene rings is 2. The van der Waals surface area contributed by atoms with Gasteiger partial charge in [-0.15, -0.1) is 0 Å². The maximum atomic E-state index is 5.86. The fourth-order valence-electron chi connectivity index (χ4n) is 2.30. The Morgan fingerprint density at radius 1 is 1.05 bits per heavy atom. The van der Waals surface area contributed by atoms with Crippen LogP contribution in [0.25, 0.3) is 0 Å². The molecule has 4 heteroatoms. The van der Waals surface area contributed by atoms with Crippen LogP contribution < -0.4 is 9.47 Å². The summed E-state index contributed by atoms with van der Waals surface area (Å²) < 4.78 is 16.5. The topological polar surface area (TPSA) is 27.7 Å². The van der Waals surface area contributed by atoms with Crippen molar-refractivity contribution in [2.24, 2.45) is 0 Å². The molecule has 0 bridgehead atoms. The van der Waals surface area contributed by atoms with Gasteiger partial charge in [-0.3, -0.25) is 0 Å². The van der Waals surface area contributed by atoms with Gasteiger partial charge in [0.2, 0.25) is 6.79 Å². The lowest BCUT2D eigenvalue weighted by Gasteiger charge is -2.15. The van der Waals surface area contributed by atoms with Crippen LogP contribution in [0.15, 0.2) is 48.5 Å². The van der Waals surface area contributed by atoms with Crippen molar-refractivity contribution in [3.05, 3.63) is 59.7 Å². The predicted octanol–water partition coefficient (Wildman–Crippen LogP) is 4.11. The minimum atomic E-state index is 0.305. The molecule has 0 N–H and O–H groups in total. The molecule has 110 valence electrons. The van der Waals surface area contributed by atoms with Gasteiger partial charge in [-0.05, 0) is 23.3 Å². The van der Waals surface area contributed by atoms with Crippen molar-refractivity contribution >= 4 is 15.9 Å². The molecule has 0 saturated carbocycles. The van der Waals surface area contributed by atoms with E-state index in [4.69, 9.17) is 14.2 Å². The Labute approximate surface area is 133 Å². The van der Waals surface area contributed by atoms with E-state index in [1.54, 1.807) is 0 Å². The number of ether oxygens (including phenoxy) is 3. The van der Waals surface area contributed by atoms with Crippen LogP contribution in [0.4, 0.5) is 0 Å². The lowest BCUT2D eigenvalue weighted by atomic mass is 10.0. The summed E-state index contributed by atoms with van der Waals surface area (Å²) in [6, 6.07) is 16.3. The third-order valence-electron chi connectivity index (χ3n) is 3.48. The third-order valence-corrected chi connectivity index (χ3v) is 4.26. The molecule has 1 unspecified atom stereocenters. The SMILES string of the molecule is BrCC(COCc1ccc2c(c1)OCO2)c1ccccc1. The van der Waals surface area contributed by atoms with Crippen molar-refractivity contribution < 1.29 is 14.2 Å². The number of hydrogen-bond donors (Lipinski definition) is 0. The summed E-state index contributed by atoms with van der Waals surface area (Å²) in [5, 5.41) is 0.887. The zero-order valence-corrected chi connectivity index (χ0v) is 13.2. The van der Waals surface area contributed by atoms with Gasteiger partial charge >= 0.3 is 0 Å². The first-order chi connectivity index (χ1) is 10.4. The molecule has 0 fully saturated rings.